The van der Waals surface area contributed by atoms with Crippen molar-refractivity contribution in [1.29, 1.82) is 0 Å². The smallest absolute Gasteiger partial charge is 0.261 e. The molecule has 5 N–H and O–H groups in total. The van der Waals surface area contributed by atoms with Crippen molar-refractivity contribution >= 4 is 34.8 Å². The maximum Gasteiger partial charge on any atom is 0.261 e. The molecule has 0 spiro atoms. The number of methoxy groups -OCH3 is 2. The van der Waals surface area contributed by atoms with Gasteiger partial charge in [0.25, 0.3) is 11.8 Å². The van der Waals surface area contributed by atoms with Gasteiger partial charge in [0, 0.05) is 40.2 Å². The molecule has 1 aliphatic rings. The van der Waals surface area contributed by atoms with Gasteiger partial charge in [-0.15, -0.1) is 0 Å². The zero-order valence-electron chi connectivity index (χ0n) is 31.2. The van der Waals surface area contributed by atoms with Gasteiger partial charge >= 0.3 is 0 Å². The third kappa shape index (κ3) is 9.22. The number of amides is 2. The first-order chi connectivity index (χ1) is 27.4. The molecule has 0 atom stereocenters. The largest absolute Gasteiger partial charge is 1.00 e. The van der Waals surface area contributed by atoms with Gasteiger partial charge in [0.05, 0.1) is 49.8 Å². The molecule has 2 aromatic heterocycles. The Labute approximate surface area is 336 Å². The Bertz CT molecular complexity index is 2480. The molecule has 8 rings (SSSR count). The van der Waals surface area contributed by atoms with Crippen molar-refractivity contribution in [2.45, 2.75) is 13.1 Å². The van der Waals surface area contributed by atoms with Gasteiger partial charge in [-0.05, 0) is 66.2 Å². The highest BCUT2D eigenvalue weighted by molar-refractivity contribution is 6.21. The first-order valence-corrected chi connectivity index (χ1v) is 17.8. The van der Waals surface area contributed by atoms with Gasteiger partial charge in [0.15, 0.2) is 0 Å². The highest BCUT2D eigenvalue weighted by atomic mass is 35.5. The number of halogens is 1. The highest BCUT2D eigenvalue weighted by Crippen LogP contribution is 2.31. The van der Waals surface area contributed by atoms with E-state index in [0.29, 0.717) is 16.9 Å². The summed E-state index contributed by atoms with van der Waals surface area (Å²) in [5.41, 5.74) is 11.9. The molecule has 0 aliphatic carbocycles. The van der Waals surface area contributed by atoms with Crippen LogP contribution >= 0.6 is 0 Å². The van der Waals surface area contributed by atoms with Gasteiger partial charge in [-0.3, -0.25) is 14.5 Å². The number of benzene rings is 5. The molecule has 2 amide bonds. The SMILES string of the molecule is COc1ccccc1-c1cc(Nc2cccc(CN3C(=O)c4ccccc4C3=O)c2)ncn1.COc1ccccc1-c1cc(Nc2cccc(C[NH3+])c2)ncn1.[Cl-]. The standard InChI is InChI=1S/C26H20N4O3.C18H18N4O.ClH/c1-33-23-12-5-4-11-21(23)22-14-24(28-16-27-22)29-18-8-6-7-17(13-18)15-30-25(31)19-9-2-3-10-20(19)26(30)32;1-23-17-8-3-2-7-15(17)16-10-18(21-12-20-16)22-14-6-4-5-13(9-14)11-19;/h2-14,16H,15H2,1H3,(H,27,28,29);2-10,12H,11,19H2,1H3,(H,20,21,22);1H. The van der Waals surface area contributed by atoms with E-state index in [4.69, 9.17) is 9.47 Å². The Hall–Kier alpha value is -7.15. The van der Waals surface area contributed by atoms with Crippen molar-refractivity contribution in [2.75, 3.05) is 24.9 Å². The molecule has 0 radical (unpaired) electrons. The molecule has 7 aromatic rings. The van der Waals surface area contributed by atoms with E-state index in [0.717, 1.165) is 63.3 Å². The van der Waals surface area contributed by atoms with Gasteiger partial charge < -0.3 is 38.2 Å². The lowest BCUT2D eigenvalue weighted by molar-refractivity contribution is -0.386. The van der Waals surface area contributed by atoms with E-state index in [1.165, 1.54) is 16.8 Å². The fraction of sp³-hybridized carbons (Fsp3) is 0.0909. The van der Waals surface area contributed by atoms with Gasteiger partial charge in [-0.2, -0.15) is 0 Å². The Kier molecular flexibility index (Phi) is 12.8. The Morgan fingerprint density at radius 1 is 0.544 bits per heavy atom. The lowest BCUT2D eigenvalue weighted by Gasteiger charge is -2.15. The quantitative estimate of drug-likeness (QED) is 0.162. The van der Waals surface area contributed by atoms with E-state index in [2.05, 4.69) is 48.4 Å². The molecule has 57 heavy (non-hydrogen) atoms. The summed E-state index contributed by atoms with van der Waals surface area (Å²) in [4.78, 5) is 44.0. The van der Waals surface area contributed by atoms with E-state index in [1.807, 2.05) is 97.1 Å². The van der Waals surface area contributed by atoms with Gasteiger partial charge in [0.2, 0.25) is 0 Å². The van der Waals surface area contributed by atoms with Crippen molar-refractivity contribution in [3.8, 4) is 34.0 Å². The van der Waals surface area contributed by atoms with Crippen LogP contribution in [0, 0.1) is 0 Å². The van der Waals surface area contributed by atoms with Crippen LogP contribution in [0.25, 0.3) is 22.5 Å². The minimum Gasteiger partial charge on any atom is -1.00 e. The summed E-state index contributed by atoms with van der Waals surface area (Å²) < 4.78 is 10.8. The van der Waals surface area contributed by atoms with Crippen LogP contribution in [-0.2, 0) is 13.1 Å². The summed E-state index contributed by atoms with van der Waals surface area (Å²) in [7, 11) is 3.28. The predicted octanol–water partition coefficient (Wildman–Crippen LogP) is 4.33. The summed E-state index contributed by atoms with van der Waals surface area (Å²) in [6, 6.07) is 41.8. The molecule has 13 heteroatoms. The second kappa shape index (κ2) is 18.5. The number of carbonyl (C=O) groups is 2. The fourth-order valence-electron chi connectivity index (χ4n) is 6.27. The zero-order chi connectivity index (χ0) is 38.9. The lowest BCUT2D eigenvalue weighted by atomic mass is 10.1. The molecule has 0 unspecified atom stereocenters. The maximum absolute atomic E-state index is 12.7. The maximum atomic E-state index is 12.7. The summed E-state index contributed by atoms with van der Waals surface area (Å²) in [5, 5.41) is 6.58. The van der Waals surface area contributed by atoms with Crippen molar-refractivity contribution in [3.05, 3.63) is 168 Å². The van der Waals surface area contributed by atoms with E-state index < -0.39 is 0 Å². The monoisotopic (exact) mass is 778 g/mol. The van der Waals surface area contributed by atoms with Crippen LogP contribution in [0.5, 0.6) is 11.5 Å². The number of aromatic nitrogens is 4. The zero-order valence-corrected chi connectivity index (χ0v) is 32.0. The van der Waals surface area contributed by atoms with Crippen LogP contribution in [-0.4, -0.2) is 50.9 Å². The van der Waals surface area contributed by atoms with Crippen LogP contribution in [0.3, 0.4) is 0 Å². The number of carbonyl (C=O) groups excluding carboxylic acids is 2. The molecule has 0 bridgehead atoms. The first kappa shape index (κ1) is 39.5. The van der Waals surface area contributed by atoms with Crippen LogP contribution in [0.4, 0.5) is 23.0 Å². The number of imide groups is 1. The average molecular weight is 779 g/mol. The van der Waals surface area contributed by atoms with Crippen LogP contribution in [0.1, 0.15) is 31.8 Å². The number of fused-ring (bicyclic) bond motifs is 1. The number of rotatable bonds is 11. The van der Waals surface area contributed by atoms with Crippen LogP contribution in [0.2, 0.25) is 0 Å². The van der Waals surface area contributed by atoms with Crippen LogP contribution < -0.4 is 38.2 Å². The third-order valence-electron chi connectivity index (χ3n) is 9.01. The van der Waals surface area contributed by atoms with E-state index in [9.17, 15) is 9.59 Å². The molecule has 3 heterocycles. The van der Waals surface area contributed by atoms with Crippen molar-refractivity contribution in [2.24, 2.45) is 0 Å². The second-order valence-electron chi connectivity index (χ2n) is 12.6. The molecule has 0 saturated heterocycles. The number of quaternary nitrogens is 1. The van der Waals surface area contributed by atoms with Gasteiger partial charge in [-0.25, -0.2) is 19.9 Å². The molecular formula is C44H39ClN8O4. The highest BCUT2D eigenvalue weighted by Gasteiger charge is 2.35. The molecule has 1 aliphatic heterocycles. The van der Waals surface area contributed by atoms with Gasteiger partial charge in [0.1, 0.15) is 35.8 Å². The second-order valence-corrected chi connectivity index (χ2v) is 12.6. The molecule has 0 saturated carbocycles. The third-order valence-corrected chi connectivity index (χ3v) is 9.01. The number of para-hydroxylation sites is 2. The summed E-state index contributed by atoms with van der Waals surface area (Å²) in [6.07, 6.45) is 3.04. The Morgan fingerprint density at radius 2 is 0.982 bits per heavy atom. The number of nitrogens with zero attached hydrogens (tertiary/aromatic N) is 5. The number of ether oxygens (including phenoxy) is 2. The number of anilines is 4. The number of hydrogen-bond acceptors (Lipinski definition) is 10. The molecule has 0 fully saturated rings. The summed E-state index contributed by atoms with van der Waals surface area (Å²) in [5.74, 6) is 2.32. The van der Waals surface area contributed by atoms with E-state index in [-0.39, 0.29) is 30.8 Å². The van der Waals surface area contributed by atoms with Crippen molar-refractivity contribution < 1.29 is 37.2 Å². The molecular weight excluding hydrogens is 740 g/mol. The average Bonchev–Trinajstić information content (AvgIpc) is 3.48. The van der Waals surface area contributed by atoms with Crippen molar-refractivity contribution in [3.63, 3.8) is 0 Å². The minimum atomic E-state index is -0.272. The van der Waals surface area contributed by atoms with E-state index in [1.54, 1.807) is 44.8 Å². The Balaban J connectivity index is 0.000000202. The van der Waals surface area contributed by atoms with Gasteiger partial charge in [-0.1, -0.05) is 60.7 Å². The fourth-order valence-corrected chi connectivity index (χ4v) is 6.27. The molecule has 5 aromatic carbocycles. The lowest BCUT2D eigenvalue weighted by Crippen LogP contribution is -3.00. The summed E-state index contributed by atoms with van der Waals surface area (Å²) >= 11 is 0. The minimum absolute atomic E-state index is 0. The van der Waals surface area contributed by atoms with E-state index >= 15 is 0 Å². The summed E-state index contributed by atoms with van der Waals surface area (Å²) in [6.45, 7) is 0.948. The predicted molar refractivity (Wildman–Crippen MR) is 215 cm³/mol. The van der Waals surface area contributed by atoms with Crippen molar-refractivity contribution in [1.82, 2.24) is 24.8 Å². The molecule has 286 valence electrons. The topological polar surface area (TPSA) is 159 Å². The normalized spacial score (nSPS) is 11.5. The molecule has 12 nitrogen and oxygen atoms in total. The number of nitrogens with one attached hydrogen (secondary N) is 2. The Morgan fingerprint density at radius 3 is 1.46 bits per heavy atom. The number of hydrogen-bond donors (Lipinski definition) is 3. The first-order valence-electron chi connectivity index (χ1n) is 17.8. The van der Waals surface area contributed by atoms with Crippen LogP contribution in [0.15, 0.2) is 146 Å².